The van der Waals surface area contributed by atoms with E-state index < -0.39 is 0 Å². The van der Waals surface area contributed by atoms with Crippen LogP contribution < -0.4 is 0 Å². The fraction of sp³-hybridized carbons (Fsp3) is 0.706. The molecule has 0 aromatic carbocycles. The summed E-state index contributed by atoms with van der Waals surface area (Å²) in [6.07, 6.45) is 6.01. The molecule has 0 radical (unpaired) electrons. The third-order valence-electron chi connectivity index (χ3n) is 5.14. The molecule has 22 heavy (non-hydrogen) atoms. The molecular formula is C17H26N2O3. The number of hydrogen-bond acceptors (Lipinski definition) is 3. The van der Waals surface area contributed by atoms with Crippen molar-refractivity contribution in [2.75, 3.05) is 33.4 Å². The highest BCUT2D eigenvalue weighted by atomic mass is 16.5. The van der Waals surface area contributed by atoms with E-state index in [1.54, 1.807) is 7.11 Å². The topological polar surface area (TPSA) is 43.7 Å². The van der Waals surface area contributed by atoms with Gasteiger partial charge in [-0.05, 0) is 43.7 Å². The Morgan fingerprint density at radius 3 is 2.86 bits per heavy atom. The van der Waals surface area contributed by atoms with Crippen LogP contribution in [0.2, 0.25) is 0 Å². The number of amides is 1. The van der Waals surface area contributed by atoms with Gasteiger partial charge in [0.15, 0.2) is 0 Å². The Labute approximate surface area is 132 Å². The van der Waals surface area contributed by atoms with Gasteiger partial charge in [-0.2, -0.15) is 0 Å². The van der Waals surface area contributed by atoms with E-state index in [9.17, 15) is 4.79 Å². The molecule has 2 fully saturated rings. The van der Waals surface area contributed by atoms with Crippen molar-refractivity contribution in [3.63, 3.8) is 0 Å². The zero-order chi connectivity index (χ0) is 15.6. The summed E-state index contributed by atoms with van der Waals surface area (Å²) in [5.74, 6) is 0.742. The van der Waals surface area contributed by atoms with Crippen molar-refractivity contribution in [2.24, 2.45) is 13.0 Å². The number of piperidine rings is 1. The van der Waals surface area contributed by atoms with Gasteiger partial charge in [-0.15, -0.1) is 0 Å². The van der Waals surface area contributed by atoms with Gasteiger partial charge in [-0.25, -0.2) is 0 Å². The molecule has 2 aliphatic rings. The summed E-state index contributed by atoms with van der Waals surface area (Å²) in [4.78, 5) is 14.5. The van der Waals surface area contributed by atoms with Crippen molar-refractivity contribution in [3.05, 3.63) is 24.0 Å². The zero-order valence-corrected chi connectivity index (χ0v) is 13.6. The number of hydrogen-bond donors (Lipinski definition) is 0. The van der Waals surface area contributed by atoms with Crippen LogP contribution in [-0.4, -0.2) is 54.4 Å². The molecule has 122 valence electrons. The lowest BCUT2D eigenvalue weighted by Crippen LogP contribution is -2.46. The molecule has 1 aromatic rings. The van der Waals surface area contributed by atoms with Gasteiger partial charge in [0.2, 0.25) is 0 Å². The van der Waals surface area contributed by atoms with Crippen LogP contribution in [0.15, 0.2) is 18.3 Å². The minimum atomic E-state index is 0.00337. The number of likely N-dealkylation sites (tertiary alicyclic amines) is 1. The van der Waals surface area contributed by atoms with E-state index in [0.717, 1.165) is 57.7 Å². The summed E-state index contributed by atoms with van der Waals surface area (Å²) in [5, 5.41) is 0. The second kappa shape index (κ2) is 6.42. The molecule has 5 heteroatoms. The second-order valence-electron chi connectivity index (χ2n) is 6.64. The first kappa shape index (κ1) is 15.6. The molecule has 0 N–H and O–H groups in total. The van der Waals surface area contributed by atoms with Gasteiger partial charge in [-0.1, -0.05) is 0 Å². The predicted molar refractivity (Wildman–Crippen MR) is 83.8 cm³/mol. The maximum Gasteiger partial charge on any atom is 0.270 e. The van der Waals surface area contributed by atoms with Crippen LogP contribution in [0.1, 0.15) is 36.2 Å². The van der Waals surface area contributed by atoms with Crippen LogP contribution in [0.4, 0.5) is 0 Å². The van der Waals surface area contributed by atoms with Gasteiger partial charge in [0.1, 0.15) is 5.69 Å². The van der Waals surface area contributed by atoms with Crippen LogP contribution in [0.25, 0.3) is 0 Å². The highest BCUT2D eigenvalue weighted by Crippen LogP contribution is 2.39. The van der Waals surface area contributed by atoms with Gasteiger partial charge in [0, 0.05) is 40.1 Å². The minimum Gasteiger partial charge on any atom is -0.385 e. The number of aryl methyl sites for hydroxylation is 1. The van der Waals surface area contributed by atoms with Crippen molar-refractivity contribution in [2.45, 2.75) is 31.3 Å². The fourth-order valence-electron chi connectivity index (χ4n) is 3.72. The highest BCUT2D eigenvalue weighted by molar-refractivity contribution is 5.92. The molecule has 1 atom stereocenters. The summed E-state index contributed by atoms with van der Waals surface area (Å²) >= 11 is 0. The van der Waals surface area contributed by atoms with Crippen molar-refractivity contribution < 1.29 is 14.3 Å². The number of carbonyl (C=O) groups excluding carboxylic acids is 1. The molecule has 0 aliphatic carbocycles. The van der Waals surface area contributed by atoms with E-state index in [4.69, 9.17) is 9.47 Å². The van der Waals surface area contributed by atoms with Crippen molar-refractivity contribution in [1.29, 1.82) is 0 Å². The van der Waals surface area contributed by atoms with Gasteiger partial charge in [0.05, 0.1) is 12.2 Å². The number of ether oxygens (including phenoxy) is 2. The smallest absolute Gasteiger partial charge is 0.270 e. The van der Waals surface area contributed by atoms with E-state index in [1.807, 2.05) is 34.8 Å². The summed E-state index contributed by atoms with van der Waals surface area (Å²) in [7, 11) is 3.67. The summed E-state index contributed by atoms with van der Waals surface area (Å²) in [6.45, 7) is 3.24. The standard InChI is InChI=1S/C17H26N2O3/c1-18-8-3-4-15(18)16(20)19-9-6-17(7-10-19)12-14(13-22-17)5-11-21-2/h3-4,8,14H,5-7,9-13H2,1-2H3/t14-/m0/s1. The molecule has 1 spiro atoms. The van der Waals surface area contributed by atoms with Gasteiger partial charge >= 0.3 is 0 Å². The molecule has 1 amide bonds. The average molecular weight is 306 g/mol. The highest BCUT2D eigenvalue weighted by Gasteiger charge is 2.43. The quantitative estimate of drug-likeness (QED) is 0.855. The summed E-state index contributed by atoms with van der Waals surface area (Å²) in [5.41, 5.74) is 0.768. The molecule has 3 rings (SSSR count). The van der Waals surface area contributed by atoms with Crippen LogP contribution in [0.5, 0.6) is 0 Å². The maximum absolute atomic E-state index is 12.5. The number of nitrogens with zero attached hydrogens (tertiary/aromatic N) is 2. The lowest BCUT2D eigenvalue weighted by Gasteiger charge is -2.38. The van der Waals surface area contributed by atoms with Crippen LogP contribution in [-0.2, 0) is 16.5 Å². The van der Waals surface area contributed by atoms with Gasteiger partial charge < -0.3 is 18.9 Å². The Balaban J connectivity index is 1.55. The lowest BCUT2D eigenvalue weighted by atomic mass is 9.84. The fourth-order valence-corrected chi connectivity index (χ4v) is 3.72. The van der Waals surface area contributed by atoms with E-state index in [-0.39, 0.29) is 11.5 Å². The molecule has 2 saturated heterocycles. The van der Waals surface area contributed by atoms with E-state index >= 15 is 0 Å². The first-order valence-corrected chi connectivity index (χ1v) is 8.17. The SMILES string of the molecule is COCC[C@@H]1COC2(CCN(C(=O)c3cccn3C)CC2)C1. The Hall–Kier alpha value is -1.33. The molecule has 0 saturated carbocycles. The third-order valence-corrected chi connectivity index (χ3v) is 5.14. The predicted octanol–water partition coefficient (Wildman–Crippen LogP) is 2.07. The Morgan fingerprint density at radius 1 is 1.45 bits per heavy atom. The second-order valence-corrected chi connectivity index (χ2v) is 6.64. The van der Waals surface area contributed by atoms with Gasteiger partial charge in [-0.3, -0.25) is 4.79 Å². The average Bonchev–Trinajstić information content (AvgIpc) is 3.12. The lowest BCUT2D eigenvalue weighted by molar-refractivity contribution is -0.0393. The van der Waals surface area contributed by atoms with Crippen LogP contribution in [0, 0.1) is 5.92 Å². The first-order chi connectivity index (χ1) is 10.6. The Morgan fingerprint density at radius 2 is 2.23 bits per heavy atom. The van der Waals surface area contributed by atoms with Crippen molar-refractivity contribution in [3.8, 4) is 0 Å². The molecule has 3 heterocycles. The van der Waals surface area contributed by atoms with E-state index in [0.29, 0.717) is 5.92 Å². The number of methoxy groups -OCH3 is 1. The first-order valence-electron chi connectivity index (χ1n) is 8.17. The van der Waals surface area contributed by atoms with Crippen molar-refractivity contribution >= 4 is 5.91 Å². The Bertz CT molecular complexity index is 518. The van der Waals surface area contributed by atoms with Gasteiger partial charge in [0.25, 0.3) is 5.91 Å². The van der Waals surface area contributed by atoms with E-state index in [2.05, 4.69) is 0 Å². The molecule has 5 nitrogen and oxygen atoms in total. The largest absolute Gasteiger partial charge is 0.385 e. The molecule has 1 aromatic heterocycles. The number of rotatable bonds is 4. The van der Waals surface area contributed by atoms with Crippen LogP contribution >= 0.6 is 0 Å². The van der Waals surface area contributed by atoms with E-state index in [1.165, 1.54) is 0 Å². The monoisotopic (exact) mass is 306 g/mol. The normalized spacial score (nSPS) is 24.1. The molecule has 0 bridgehead atoms. The number of aromatic nitrogens is 1. The molecule has 0 unspecified atom stereocenters. The summed E-state index contributed by atoms with van der Waals surface area (Å²) < 4.78 is 13.2. The summed E-state index contributed by atoms with van der Waals surface area (Å²) in [6, 6.07) is 3.80. The minimum absolute atomic E-state index is 0.00337. The third kappa shape index (κ3) is 3.06. The Kier molecular flexibility index (Phi) is 4.54. The maximum atomic E-state index is 12.5. The van der Waals surface area contributed by atoms with Crippen LogP contribution in [0.3, 0.4) is 0 Å². The molecular weight excluding hydrogens is 280 g/mol. The van der Waals surface area contributed by atoms with Crippen molar-refractivity contribution in [1.82, 2.24) is 9.47 Å². The number of carbonyl (C=O) groups is 1. The zero-order valence-electron chi connectivity index (χ0n) is 13.6. The molecule has 2 aliphatic heterocycles.